The first kappa shape index (κ1) is 12.3. The van der Waals surface area contributed by atoms with Gasteiger partial charge in [0.2, 0.25) is 0 Å². The number of carbonyl (C=O) groups excluding carboxylic acids is 1. The summed E-state index contributed by atoms with van der Waals surface area (Å²) >= 11 is 0. The molecule has 3 rings (SSSR count). The van der Waals surface area contributed by atoms with Gasteiger partial charge in [-0.3, -0.25) is 9.78 Å². The molecule has 0 aliphatic carbocycles. The number of rotatable bonds is 3. The highest BCUT2D eigenvalue weighted by Gasteiger charge is 2.16. The van der Waals surface area contributed by atoms with Crippen LogP contribution in [0.2, 0.25) is 0 Å². The zero-order chi connectivity index (χ0) is 14.1. The Bertz CT molecular complexity index is 777. The second-order valence-electron chi connectivity index (χ2n) is 4.46. The zero-order valence-corrected chi connectivity index (χ0v) is 11.1. The minimum atomic E-state index is -0.464. The van der Waals surface area contributed by atoms with Gasteiger partial charge in [-0.2, -0.15) is 0 Å². The number of pyridine rings is 1. The number of hydrogen-bond donors (Lipinski definition) is 1. The molecule has 0 atom stereocenters. The zero-order valence-electron chi connectivity index (χ0n) is 11.1. The molecule has 0 fully saturated rings. The number of para-hydroxylation sites is 1. The first-order valence-electron chi connectivity index (χ1n) is 6.41. The van der Waals surface area contributed by atoms with Crippen molar-refractivity contribution in [2.24, 2.45) is 5.73 Å². The number of fused-ring (bicyclic) bond motifs is 1. The maximum absolute atomic E-state index is 11.5. The van der Waals surface area contributed by atoms with E-state index in [1.165, 1.54) is 0 Å². The molecule has 100 valence electrons. The number of hydrogen-bond acceptors (Lipinski definition) is 3. The quantitative estimate of drug-likeness (QED) is 0.789. The molecule has 0 bridgehead atoms. The summed E-state index contributed by atoms with van der Waals surface area (Å²) in [7, 11) is 0. The topological polar surface area (TPSA) is 73.8 Å². The van der Waals surface area contributed by atoms with Crippen LogP contribution in [0.5, 0.6) is 0 Å². The van der Waals surface area contributed by atoms with E-state index in [0.29, 0.717) is 11.1 Å². The van der Waals surface area contributed by atoms with Crippen LogP contribution in [-0.2, 0) is 6.54 Å². The number of benzene rings is 1. The van der Waals surface area contributed by atoms with Gasteiger partial charge in [0.1, 0.15) is 11.3 Å². The number of nitrogens with two attached hydrogens (primary N) is 1. The highest BCUT2D eigenvalue weighted by atomic mass is 16.1. The van der Waals surface area contributed by atoms with Crippen LogP contribution in [0.15, 0.2) is 42.7 Å². The van der Waals surface area contributed by atoms with Crippen LogP contribution in [0.25, 0.3) is 22.4 Å². The van der Waals surface area contributed by atoms with E-state index in [1.54, 1.807) is 18.5 Å². The predicted octanol–water partition coefficient (Wildman–Crippen LogP) is 2.22. The largest absolute Gasteiger partial charge is 0.366 e. The third-order valence-corrected chi connectivity index (χ3v) is 3.28. The summed E-state index contributed by atoms with van der Waals surface area (Å²) in [6.45, 7) is 2.79. The standard InChI is InChI=1S/C15H14N4O/c1-2-19-12-7-3-6-11(14(16)20)13(12)18-15(19)10-5-4-8-17-9-10/h3-9H,2H2,1H3,(H2,16,20). The van der Waals surface area contributed by atoms with Crippen molar-refractivity contribution in [3.63, 3.8) is 0 Å². The summed E-state index contributed by atoms with van der Waals surface area (Å²) in [6, 6.07) is 9.28. The molecule has 0 spiro atoms. The van der Waals surface area contributed by atoms with E-state index in [-0.39, 0.29) is 0 Å². The number of nitrogens with zero attached hydrogens (tertiary/aromatic N) is 3. The third-order valence-electron chi connectivity index (χ3n) is 3.28. The van der Waals surface area contributed by atoms with Crippen molar-refractivity contribution >= 4 is 16.9 Å². The van der Waals surface area contributed by atoms with Crippen molar-refractivity contribution in [1.29, 1.82) is 0 Å². The number of aromatic nitrogens is 3. The molecule has 5 nitrogen and oxygen atoms in total. The molecule has 0 unspecified atom stereocenters. The second kappa shape index (κ2) is 4.77. The number of aryl methyl sites for hydroxylation is 1. The maximum Gasteiger partial charge on any atom is 0.250 e. The molecule has 2 aromatic heterocycles. The van der Waals surface area contributed by atoms with Gasteiger partial charge in [-0.05, 0) is 31.2 Å². The molecular formula is C15H14N4O. The maximum atomic E-state index is 11.5. The number of imidazole rings is 1. The van der Waals surface area contributed by atoms with Crippen LogP contribution >= 0.6 is 0 Å². The van der Waals surface area contributed by atoms with E-state index in [2.05, 4.69) is 14.5 Å². The predicted molar refractivity (Wildman–Crippen MR) is 77.2 cm³/mol. The summed E-state index contributed by atoms with van der Waals surface area (Å²) in [5, 5.41) is 0. The molecule has 0 aliphatic rings. The summed E-state index contributed by atoms with van der Waals surface area (Å²) in [4.78, 5) is 20.2. The summed E-state index contributed by atoms with van der Waals surface area (Å²) in [5.74, 6) is 0.332. The molecule has 5 heteroatoms. The van der Waals surface area contributed by atoms with Crippen LogP contribution in [0, 0.1) is 0 Å². The molecule has 0 saturated carbocycles. The number of carbonyl (C=O) groups is 1. The average molecular weight is 266 g/mol. The highest BCUT2D eigenvalue weighted by Crippen LogP contribution is 2.26. The Morgan fingerprint density at radius 1 is 1.30 bits per heavy atom. The van der Waals surface area contributed by atoms with Gasteiger partial charge in [-0.1, -0.05) is 6.07 Å². The Hall–Kier alpha value is -2.69. The SMILES string of the molecule is CCn1c(-c2cccnc2)nc2c(C(N)=O)cccc21. The molecule has 1 amide bonds. The highest BCUT2D eigenvalue weighted by molar-refractivity contribution is 6.04. The molecule has 1 aromatic carbocycles. The van der Waals surface area contributed by atoms with E-state index in [9.17, 15) is 4.79 Å². The van der Waals surface area contributed by atoms with Crippen molar-refractivity contribution in [2.75, 3.05) is 0 Å². The lowest BCUT2D eigenvalue weighted by Gasteiger charge is -2.05. The minimum Gasteiger partial charge on any atom is -0.366 e. The van der Waals surface area contributed by atoms with Gasteiger partial charge in [-0.15, -0.1) is 0 Å². The second-order valence-corrected chi connectivity index (χ2v) is 4.46. The first-order chi connectivity index (χ1) is 9.72. The van der Waals surface area contributed by atoms with Gasteiger partial charge in [0, 0.05) is 24.5 Å². The Balaban J connectivity index is 2.34. The molecule has 20 heavy (non-hydrogen) atoms. The van der Waals surface area contributed by atoms with Crippen molar-refractivity contribution in [3.05, 3.63) is 48.3 Å². The third kappa shape index (κ3) is 1.84. The van der Waals surface area contributed by atoms with E-state index in [1.807, 2.05) is 31.2 Å². The summed E-state index contributed by atoms with van der Waals surface area (Å²) in [6.07, 6.45) is 3.48. The molecule has 2 heterocycles. The van der Waals surface area contributed by atoms with Crippen LogP contribution < -0.4 is 5.73 Å². The minimum absolute atomic E-state index is 0.444. The Morgan fingerprint density at radius 2 is 2.15 bits per heavy atom. The summed E-state index contributed by atoms with van der Waals surface area (Å²) < 4.78 is 2.05. The number of primary amides is 1. The van der Waals surface area contributed by atoms with Crippen LogP contribution in [0.3, 0.4) is 0 Å². The van der Waals surface area contributed by atoms with Crippen LogP contribution in [-0.4, -0.2) is 20.4 Å². The van der Waals surface area contributed by atoms with E-state index < -0.39 is 5.91 Å². The number of amides is 1. The van der Waals surface area contributed by atoms with Crippen molar-refractivity contribution in [1.82, 2.24) is 14.5 Å². The average Bonchev–Trinajstić information content (AvgIpc) is 2.86. The Labute approximate surface area is 116 Å². The fourth-order valence-electron chi connectivity index (χ4n) is 2.38. The van der Waals surface area contributed by atoms with Gasteiger partial charge in [-0.25, -0.2) is 4.98 Å². The smallest absolute Gasteiger partial charge is 0.250 e. The molecule has 0 aliphatic heterocycles. The van der Waals surface area contributed by atoms with Gasteiger partial charge < -0.3 is 10.3 Å². The Kier molecular flexibility index (Phi) is 2.95. The molecule has 0 radical (unpaired) electrons. The fourth-order valence-corrected chi connectivity index (χ4v) is 2.38. The lowest BCUT2D eigenvalue weighted by atomic mass is 10.2. The van der Waals surface area contributed by atoms with E-state index in [4.69, 9.17) is 5.73 Å². The lowest BCUT2D eigenvalue weighted by molar-refractivity contribution is 0.100. The summed E-state index contributed by atoms with van der Waals surface area (Å²) in [5.41, 5.74) is 8.33. The lowest BCUT2D eigenvalue weighted by Crippen LogP contribution is -2.11. The molecule has 0 saturated heterocycles. The van der Waals surface area contributed by atoms with E-state index >= 15 is 0 Å². The first-order valence-corrected chi connectivity index (χ1v) is 6.41. The normalized spacial score (nSPS) is 10.8. The molecular weight excluding hydrogens is 252 g/mol. The van der Waals surface area contributed by atoms with Gasteiger partial charge in [0.05, 0.1) is 11.1 Å². The molecule has 2 N–H and O–H groups in total. The fraction of sp³-hybridized carbons (Fsp3) is 0.133. The monoisotopic (exact) mass is 266 g/mol. The van der Waals surface area contributed by atoms with Gasteiger partial charge >= 0.3 is 0 Å². The van der Waals surface area contributed by atoms with Gasteiger partial charge in [0.15, 0.2) is 0 Å². The van der Waals surface area contributed by atoms with Crippen molar-refractivity contribution in [3.8, 4) is 11.4 Å². The Morgan fingerprint density at radius 3 is 2.80 bits per heavy atom. The van der Waals surface area contributed by atoms with Crippen molar-refractivity contribution in [2.45, 2.75) is 13.5 Å². The van der Waals surface area contributed by atoms with Gasteiger partial charge in [0.25, 0.3) is 5.91 Å². The molecule has 3 aromatic rings. The van der Waals surface area contributed by atoms with Crippen molar-refractivity contribution < 1.29 is 4.79 Å². The van der Waals surface area contributed by atoms with E-state index in [0.717, 1.165) is 23.4 Å². The van der Waals surface area contributed by atoms with Crippen LogP contribution in [0.1, 0.15) is 17.3 Å². The van der Waals surface area contributed by atoms with Crippen LogP contribution in [0.4, 0.5) is 0 Å².